The zero-order valence-corrected chi connectivity index (χ0v) is 19.8. The summed E-state index contributed by atoms with van der Waals surface area (Å²) >= 11 is 0. The van der Waals surface area contributed by atoms with Gasteiger partial charge in [-0.05, 0) is 54.8 Å². The van der Waals surface area contributed by atoms with E-state index in [-0.39, 0.29) is 10.8 Å². The lowest BCUT2D eigenvalue weighted by atomic mass is 9.40. The van der Waals surface area contributed by atoms with Gasteiger partial charge >= 0.3 is 0 Å². The van der Waals surface area contributed by atoms with Crippen LogP contribution in [0.5, 0.6) is 0 Å². The highest BCUT2D eigenvalue weighted by atomic mass is 15.1. The smallest absolute Gasteiger partial charge is 0.0762 e. The number of hydrogen-bond donors (Lipinski definition) is 2. The van der Waals surface area contributed by atoms with Crippen molar-refractivity contribution in [2.75, 3.05) is 0 Å². The Hall–Kier alpha value is -0.0800. The van der Waals surface area contributed by atoms with Gasteiger partial charge in [-0.25, -0.2) is 0 Å². The first kappa shape index (κ1) is 23.2. The van der Waals surface area contributed by atoms with Crippen LogP contribution in [0.3, 0.4) is 0 Å². The molecule has 0 unspecified atom stereocenters. The minimum absolute atomic E-state index is 0.000870. The third kappa shape index (κ3) is 3.63. The SMILES string of the molecule is CC(C)C1(C(C)C)CC(CC2CCCCC2)CC(C(C)C)(C(C)C)C1(N)N. The number of nitrogens with two attached hydrogens (primary N) is 2. The van der Waals surface area contributed by atoms with E-state index in [2.05, 4.69) is 55.4 Å². The van der Waals surface area contributed by atoms with Crippen molar-refractivity contribution in [3.63, 3.8) is 0 Å². The van der Waals surface area contributed by atoms with Gasteiger partial charge in [0.2, 0.25) is 0 Å². The quantitative estimate of drug-likeness (QED) is 0.513. The molecule has 4 N–H and O–H groups in total. The summed E-state index contributed by atoms with van der Waals surface area (Å²) in [7, 11) is 0. The molecule has 2 aliphatic carbocycles. The van der Waals surface area contributed by atoms with Crippen molar-refractivity contribution in [1.82, 2.24) is 0 Å². The fraction of sp³-hybridized carbons (Fsp3) is 1.00. The van der Waals surface area contributed by atoms with Crippen LogP contribution < -0.4 is 11.5 Å². The molecule has 0 aromatic heterocycles. The van der Waals surface area contributed by atoms with Crippen LogP contribution in [0.4, 0.5) is 0 Å². The topological polar surface area (TPSA) is 52.0 Å². The first-order chi connectivity index (χ1) is 12.4. The van der Waals surface area contributed by atoms with E-state index in [0.717, 1.165) is 11.8 Å². The average molecular weight is 379 g/mol. The van der Waals surface area contributed by atoms with Crippen LogP contribution in [-0.4, -0.2) is 5.66 Å². The lowest BCUT2D eigenvalue weighted by Gasteiger charge is -2.68. The van der Waals surface area contributed by atoms with Gasteiger partial charge in [0.1, 0.15) is 0 Å². The molecule has 0 bridgehead atoms. The normalized spacial score (nSPS) is 26.4. The largest absolute Gasteiger partial charge is 0.313 e. The molecule has 27 heavy (non-hydrogen) atoms. The van der Waals surface area contributed by atoms with E-state index in [9.17, 15) is 0 Å². The summed E-state index contributed by atoms with van der Waals surface area (Å²) in [6, 6.07) is 0. The van der Waals surface area contributed by atoms with E-state index in [1.165, 1.54) is 51.4 Å². The minimum atomic E-state index is -0.631. The van der Waals surface area contributed by atoms with Crippen molar-refractivity contribution in [3.05, 3.63) is 0 Å². The number of rotatable bonds is 6. The van der Waals surface area contributed by atoms with Crippen molar-refractivity contribution >= 4 is 0 Å². The molecule has 2 fully saturated rings. The predicted octanol–water partition coefficient (Wildman–Crippen LogP) is 6.58. The fourth-order valence-corrected chi connectivity index (χ4v) is 8.05. The first-order valence-electron chi connectivity index (χ1n) is 12.0. The second-order valence-electron chi connectivity index (χ2n) is 11.6. The highest BCUT2D eigenvalue weighted by Gasteiger charge is 2.66. The molecular formula is C25H50N2. The minimum Gasteiger partial charge on any atom is -0.313 e. The molecule has 2 aliphatic rings. The third-order valence-electron chi connectivity index (χ3n) is 9.31. The van der Waals surface area contributed by atoms with E-state index >= 15 is 0 Å². The van der Waals surface area contributed by atoms with Gasteiger partial charge in [0.15, 0.2) is 0 Å². The van der Waals surface area contributed by atoms with E-state index in [0.29, 0.717) is 23.7 Å². The summed E-state index contributed by atoms with van der Waals surface area (Å²) in [4.78, 5) is 0. The molecule has 160 valence electrons. The molecule has 0 heterocycles. The Labute approximate surface area is 170 Å². The zero-order chi connectivity index (χ0) is 20.6. The fourth-order valence-electron chi connectivity index (χ4n) is 8.05. The van der Waals surface area contributed by atoms with E-state index in [1.54, 1.807) is 0 Å². The maximum Gasteiger partial charge on any atom is 0.0762 e. The lowest BCUT2D eigenvalue weighted by molar-refractivity contribution is -0.174. The molecule has 2 heteroatoms. The van der Waals surface area contributed by atoms with Crippen LogP contribution >= 0.6 is 0 Å². The highest BCUT2D eigenvalue weighted by Crippen LogP contribution is 2.64. The first-order valence-corrected chi connectivity index (χ1v) is 12.0. The third-order valence-corrected chi connectivity index (χ3v) is 9.31. The van der Waals surface area contributed by atoms with Crippen molar-refractivity contribution in [1.29, 1.82) is 0 Å². The summed E-state index contributed by atoms with van der Waals surface area (Å²) < 4.78 is 0. The Kier molecular flexibility index (Phi) is 7.17. The van der Waals surface area contributed by atoms with Crippen LogP contribution in [-0.2, 0) is 0 Å². The summed E-state index contributed by atoms with van der Waals surface area (Å²) in [5.74, 6) is 3.69. The molecule has 0 spiro atoms. The number of hydrogen-bond acceptors (Lipinski definition) is 2. The molecular weight excluding hydrogens is 328 g/mol. The van der Waals surface area contributed by atoms with Gasteiger partial charge in [-0.15, -0.1) is 0 Å². The molecule has 0 aromatic rings. The Balaban J connectivity index is 2.52. The highest BCUT2D eigenvalue weighted by molar-refractivity contribution is 5.17. The van der Waals surface area contributed by atoms with Crippen molar-refractivity contribution < 1.29 is 0 Å². The predicted molar refractivity (Wildman–Crippen MR) is 119 cm³/mol. The monoisotopic (exact) mass is 378 g/mol. The summed E-state index contributed by atoms with van der Waals surface area (Å²) in [6.45, 7) is 19.0. The molecule has 0 aliphatic heterocycles. The summed E-state index contributed by atoms with van der Waals surface area (Å²) in [5, 5.41) is 0. The Morgan fingerprint density at radius 3 is 1.33 bits per heavy atom. The van der Waals surface area contributed by atoms with Crippen molar-refractivity contribution in [2.45, 2.75) is 112 Å². The Bertz CT molecular complexity index is 421. The van der Waals surface area contributed by atoms with Crippen LogP contribution in [0.25, 0.3) is 0 Å². The summed E-state index contributed by atoms with van der Waals surface area (Å²) in [6.07, 6.45) is 11.0. The van der Waals surface area contributed by atoms with Gasteiger partial charge < -0.3 is 11.5 Å². The van der Waals surface area contributed by atoms with Gasteiger partial charge in [0.25, 0.3) is 0 Å². The van der Waals surface area contributed by atoms with Gasteiger partial charge in [-0.1, -0.05) is 87.5 Å². The maximum atomic E-state index is 7.31. The molecule has 0 radical (unpaired) electrons. The zero-order valence-electron chi connectivity index (χ0n) is 19.8. The molecule has 0 aromatic carbocycles. The van der Waals surface area contributed by atoms with Crippen molar-refractivity contribution in [3.8, 4) is 0 Å². The van der Waals surface area contributed by atoms with Crippen LogP contribution in [0.2, 0.25) is 0 Å². The average Bonchev–Trinajstić information content (AvgIpc) is 2.55. The van der Waals surface area contributed by atoms with E-state index in [1.807, 2.05) is 0 Å². The van der Waals surface area contributed by atoms with Gasteiger partial charge in [-0.3, -0.25) is 0 Å². The van der Waals surface area contributed by atoms with E-state index < -0.39 is 5.66 Å². The van der Waals surface area contributed by atoms with Gasteiger partial charge in [0, 0.05) is 10.8 Å². The van der Waals surface area contributed by atoms with Crippen LogP contribution in [0.15, 0.2) is 0 Å². The second-order valence-corrected chi connectivity index (χ2v) is 11.6. The molecule has 2 nitrogen and oxygen atoms in total. The maximum absolute atomic E-state index is 7.31. The molecule has 0 atom stereocenters. The van der Waals surface area contributed by atoms with Gasteiger partial charge in [-0.2, -0.15) is 0 Å². The second kappa shape index (κ2) is 8.34. The molecule has 0 amide bonds. The summed E-state index contributed by atoms with van der Waals surface area (Å²) in [5.41, 5.74) is 14.0. The van der Waals surface area contributed by atoms with E-state index in [4.69, 9.17) is 11.5 Å². The van der Waals surface area contributed by atoms with Crippen LogP contribution in [0.1, 0.15) is 107 Å². The molecule has 2 rings (SSSR count). The Morgan fingerprint density at radius 2 is 1.00 bits per heavy atom. The van der Waals surface area contributed by atoms with Crippen LogP contribution in [0, 0.1) is 46.3 Å². The van der Waals surface area contributed by atoms with Crippen molar-refractivity contribution in [2.24, 2.45) is 57.8 Å². The molecule has 2 saturated carbocycles. The Morgan fingerprint density at radius 1 is 0.630 bits per heavy atom. The standard InChI is InChI=1S/C25H50N2/c1-17(2)23(18(3)4)15-22(14-21-12-10-9-11-13-21)16-24(19(5)6,20(7)8)25(23,26)27/h17-22H,9-16,26-27H2,1-8H3. The lowest BCUT2D eigenvalue weighted by Crippen LogP contribution is -2.79. The molecule has 0 saturated heterocycles. The van der Waals surface area contributed by atoms with Gasteiger partial charge in [0.05, 0.1) is 5.66 Å².